The van der Waals surface area contributed by atoms with Crippen molar-refractivity contribution in [2.75, 3.05) is 6.54 Å². The summed E-state index contributed by atoms with van der Waals surface area (Å²) in [6, 6.07) is 2.09. The normalized spacial score (nSPS) is 15.2. The average molecular weight is 263 g/mol. The molecule has 0 radical (unpaired) electrons. The van der Waals surface area contributed by atoms with E-state index in [4.69, 9.17) is 0 Å². The number of hydrogen-bond donors (Lipinski definition) is 1. The van der Waals surface area contributed by atoms with Crippen LogP contribution >= 0.6 is 11.3 Å². The number of rotatable bonds is 6. The minimum Gasteiger partial charge on any atom is -0.310 e. The van der Waals surface area contributed by atoms with E-state index >= 15 is 0 Å². The molecule has 1 N–H and O–H groups in total. The molecule has 1 aliphatic carbocycles. The molecule has 0 amide bonds. The lowest BCUT2D eigenvalue weighted by Crippen LogP contribution is -2.13. The van der Waals surface area contributed by atoms with Crippen LogP contribution < -0.4 is 5.32 Å². The summed E-state index contributed by atoms with van der Waals surface area (Å²) < 4.78 is 1.84. The van der Waals surface area contributed by atoms with Gasteiger partial charge >= 0.3 is 0 Å². The third kappa shape index (κ3) is 2.59. The van der Waals surface area contributed by atoms with Crippen LogP contribution in [0.5, 0.6) is 0 Å². The van der Waals surface area contributed by atoms with Gasteiger partial charge in [-0.2, -0.15) is 5.10 Å². The Morgan fingerprint density at radius 1 is 1.44 bits per heavy atom. The molecule has 1 saturated carbocycles. The number of nitrogens with zero attached hydrogens (tertiary/aromatic N) is 4. The summed E-state index contributed by atoms with van der Waals surface area (Å²) in [7, 11) is 0. The van der Waals surface area contributed by atoms with Crippen LogP contribution in [0.15, 0.2) is 12.3 Å². The van der Waals surface area contributed by atoms with Crippen LogP contribution in [0.4, 0.5) is 0 Å². The number of hydrogen-bond acceptors (Lipinski definition) is 5. The second kappa shape index (κ2) is 5.16. The molecule has 2 aromatic rings. The summed E-state index contributed by atoms with van der Waals surface area (Å²) >= 11 is 1.60. The topological polar surface area (TPSA) is 55.6 Å². The lowest BCUT2D eigenvalue weighted by Gasteiger charge is -1.96. The third-order valence-corrected chi connectivity index (χ3v) is 3.87. The zero-order chi connectivity index (χ0) is 12.4. The second-order valence-electron chi connectivity index (χ2n) is 4.61. The Hall–Kier alpha value is -1.27. The first-order valence-corrected chi connectivity index (χ1v) is 7.27. The fraction of sp³-hybridized carbons (Fsp3) is 0.583. The van der Waals surface area contributed by atoms with E-state index in [1.165, 1.54) is 18.5 Å². The summed E-state index contributed by atoms with van der Waals surface area (Å²) in [5.41, 5.74) is 1.19. The van der Waals surface area contributed by atoms with Gasteiger partial charge in [-0.3, -0.25) is 0 Å². The molecule has 3 rings (SSSR count). The summed E-state index contributed by atoms with van der Waals surface area (Å²) in [6.07, 6.45) is 5.67. The molecule has 0 spiro atoms. The maximum absolute atomic E-state index is 4.56. The fourth-order valence-electron chi connectivity index (χ4n) is 1.82. The minimum atomic E-state index is 0.685. The maximum Gasteiger partial charge on any atom is 0.232 e. The average Bonchev–Trinajstić information content (AvgIpc) is 2.93. The second-order valence-corrected chi connectivity index (χ2v) is 5.66. The van der Waals surface area contributed by atoms with Gasteiger partial charge in [0, 0.05) is 18.7 Å². The Bertz CT molecular complexity index is 514. The van der Waals surface area contributed by atoms with Crippen LogP contribution in [0.3, 0.4) is 0 Å². The number of aromatic nitrogens is 4. The third-order valence-electron chi connectivity index (χ3n) is 2.96. The van der Waals surface area contributed by atoms with Crippen LogP contribution in [-0.4, -0.2) is 26.5 Å². The van der Waals surface area contributed by atoms with Crippen LogP contribution in [-0.2, 0) is 6.54 Å². The maximum atomic E-state index is 4.56. The van der Waals surface area contributed by atoms with E-state index < -0.39 is 0 Å². The smallest absolute Gasteiger partial charge is 0.232 e. The van der Waals surface area contributed by atoms with E-state index in [1.54, 1.807) is 11.3 Å². The van der Waals surface area contributed by atoms with Crippen LogP contribution in [0.2, 0.25) is 0 Å². The number of nitrogens with one attached hydrogen (secondary N) is 1. The molecular formula is C12H17N5S. The first-order valence-electron chi connectivity index (χ1n) is 6.46. The molecule has 5 nitrogen and oxygen atoms in total. The van der Waals surface area contributed by atoms with Crippen molar-refractivity contribution < 1.29 is 0 Å². The molecule has 1 fully saturated rings. The minimum absolute atomic E-state index is 0.685. The molecule has 18 heavy (non-hydrogen) atoms. The predicted molar refractivity (Wildman–Crippen MR) is 71.0 cm³/mol. The van der Waals surface area contributed by atoms with E-state index in [0.717, 1.165) is 29.6 Å². The van der Waals surface area contributed by atoms with Gasteiger partial charge in [0.1, 0.15) is 5.01 Å². The van der Waals surface area contributed by atoms with Gasteiger partial charge in [-0.15, -0.1) is 10.2 Å². The molecule has 0 unspecified atom stereocenters. The van der Waals surface area contributed by atoms with Crippen LogP contribution in [0.25, 0.3) is 5.13 Å². The highest BCUT2D eigenvalue weighted by atomic mass is 32.1. The summed E-state index contributed by atoms with van der Waals surface area (Å²) in [5.74, 6) is 0.685. The Morgan fingerprint density at radius 2 is 2.33 bits per heavy atom. The highest BCUT2D eigenvalue weighted by molar-refractivity contribution is 7.13. The van der Waals surface area contributed by atoms with E-state index in [1.807, 2.05) is 10.9 Å². The van der Waals surface area contributed by atoms with Gasteiger partial charge in [0.25, 0.3) is 0 Å². The lowest BCUT2D eigenvalue weighted by atomic mass is 10.3. The molecule has 6 heteroatoms. The zero-order valence-electron chi connectivity index (χ0n) is 10.5. The molecule has 2 heterocycles. The molecule has 0 atom stereocenters. The molecule has 1 aliphatic rings. The molecule has 0 saturated heterocycles. The molecule has 0 aliphatic heterocycles. The van der Waals surface area contributed by atoms with Gasteiger partial charge in [-0.1, -0.05) is 18.3 Å². The molecule has 0 bridgehead atoms. The predicted octanol–water partition coefficient (Wildman–Crippen LogP) is 2.10. The van der Waals surface area contributed by atoms with Crippen molar-refractivity contribution in [1.82, 2.24) is 25.3 Å². The van der Waals surface area contributed by atoms with Crippen molar-refractivity contribution in [1.29, 1.82) is 0 Å². The Balaban J connectivity index is 1.67. The standard InChI is InChI=1S/C12H17N5S/c1-2-6-13-8-11-14-15-12(18-11)17-7-5-10(16-17)9-3-4-9/h5,7,9,13H,2-4,6,8H2,1H3. The van der Waals surface area contributed by atoms with Gasteiger partial charge in [-0.25, -0.2) is 4.68 Å². The van der Waals surface area contributed by atoms with Crippen molar-refractivity contribution in [3.63, 3.8) is 0 Å². The van der Waals surface area contributed by atoms with E-state index in [9.17, 15) is 0 Å². The van der Waals surface area contributed by atoms with Crippen LogP contribution in [0, 0.1) is 0 Å². The van der Waals surface area contributed by atoms with Gasteiger partial charge in [0.15, 0.2) is 0 Å². The molecule has 0 aromatic carbocycles. The summed E-state index contributed by atoms with van der Waals surface area (Å²) in [6.45, 7) is 3.96. The fourth-order valence-corrected chi connectivity index (χ4v) is 2.57. The molecule has 2 aromatic heterocycles. The monoisotopic (exact) mass is 263 g/mol. The Morgan fingerprint density at radius 3 is 3.11 bits per heavy atom. The first-order chi connectivity index (χ1) is 8.86. The molecule has 96 valence electrons. The van der Waals surface area contributed by atoms with Crippen molar-refractivity contribution in [3.8, 4) is 5.13 Å². The van der Waals surface area contributed by atoms with E-state index in [-0.39, 0.29) is 0 Å². The summed E-state index contributed by atoms with van der Waals surface area (Å²) in [4.78, 5) is 0. The highest BCUT2D eigenvalue weighted by Crippen LogP contribution is 2.39. The zero-order valence-corrected chi connectivity index (χ0v) is 11.3. The van der Waals surface area contributed by atoms with Gasteiger partial charge in [-0.05, 0) is 31.9 Å². The van der Waals surface area contributed by atoms with Crippen molar-refractivity contribution in [2.24, 2.45) is 0 Å². The van der Waals surface area contributed by atoms with Crippen molar-refractivity contribution in [2.45, 2.75) is 38.6 Å². The largest absolute Gasteiger partial charge is 0.310 e. The molecular weight excluding hydrogens is 246 g/mol. The SMILES string of the molecule is CCCNCc1nnc(-n2ccc(C3CC3)n2)s1. The lowest BCUT2D eigenvalue weighted by molar-refractivity contribution is 0.667. The van der Waals surface area contributed by atoms with Crippen molar-refractivity contribution in [3.05, 3.63) is 23.0 Å². The Kier molecular flexibility index (Phi) is 3.38. The van der Waals surface area contributed by atoms with Crippen LogP contribution in [0.1, 0.15) is 42.8 Å². The van der Waals surface area contributed by atoms with Gasteiger partial charge in [0.2, 0.25) is 5.13 Å². The Labute approximate surface area is 110 Å². The van der Waals surface area contributed by atoms with Gasteiger partial charge in [0.05, 0.1) is 5.69 Å². The summed E-state index contributed by atoms with van der Waals surface area (Å²) in [5, 5.41) is 18.1. The first kappa shape index (κ1) is 11.8. The van der Waals surface area contributed by atoms with E-state index in [0.29, 0.717) is 5.92 Å². The van der Waals surface area contributed by atoms with Crippen molar-refractivity contribution >= 4 is 11.3 Å². The van der Waals surface area contributed by atoms with Gasteiger partial charge < -0.3 is 5.32 Å². The quantitative estimate of drug-likeness (QED) is 0.811. The highest BCUT2D eigenvalue weighted by Gasteiger charge is 2.26. The van der Waals surface area contributed by atoms with E-state index in [2.05, 4.69) is 33.6 Å².